The Labute approximate surface area is 117 Å². The van der Waals surface area contributed by atoms with Crippen molar-refractivity contribution in [2.75, 3.05) is 0 Å². The summed E-state index contributed by atoms with van der Waals surface area (Å²) in [4.78, 5) is 50.1. The summed E-state index contributed by atoms with van der Waals surface area (Å²) in [6.45, 7) is 5.59. The van der Waals surface area contributed by atoms with Gasteiger partial charge in [-0.3, -0.25) is 14.4 Å². The minimum absolute atomic E-state index is 0.0192. The molecule has 7 heteroatoms. The highest BCUT2D eigenvalue weighted by Crippen LogP contribution is 2.13. The number of hydrogen-bond donors (Lipinski definition) is 1. The Morgan fingerprint density at radius 3 is 2.20 bits per heavy atom. The molecule has 1 N–H and O–H groups in total. The lowest BCUT2D eigenvalue weighted by atomic mass is 10.1. The predicted octanol–water partition coefficient (Wildman–Crippen LogP) is 0.679. The summed E-state index contributed by atoms with van der Waals surface area (Å²) in [5.74, 6) is -1.85. The summed E-state index contributed by atoms with van der Waals surface area (Å²) in [5.41, 5.74) is -0.314. The summed E-state index contributed by atoms with van der Waals surface area (Å²) in [6.07, 6.45) is 0.611. The van der Waals surface area contributed by atoms with Crippen LogP contribution in [0.4, 0.5) is 0 Å². The van der Waals surface area contributed by atoms with Crippen LogP contribution in [0.15, 0.2) is 0 Å². The van der Waals surface area contributed by atoms with Gasteiger partial charge in [0.05, 0.1) is 0 Å². The van der Waals surface area contributed by atoms with Crippen molar-refractivity contribution in [2.24, 2.45) is 0 Å². The minimum Gasteiger partial charge on any atom is -0.352 e. The highest BCUT2D eigenvalue weighted by Gasteiger charge is 2.32. The summed E-state index contributed by atoms with van der Waals surface area (Å²) in [6, 6.07) is 0. The number of nitrogens with zero attached hydrogens (tertiary/aromatic N) is 1. The number of amides is 3. The Bertz CT molecular complexity index is 409. The van der Waals surface area contributed by atoms with E-state index >= 15 is 0 Å². The molecule has 7 nitrogen and oxygen atoms in total. The van der Waals surface area contributed by atoms with Gasteiger partial charge in [0.15, 0.2) is 0 Å². The van der Waals surface area contributed by atoms with E-state index in [2.05, 4.69) is 10.2 Å². The molecule has 0 unspecified atom stereocenters. The van der Waals surface area contributed by atoms with Crippen LogP contribution in [0, 0.1) is 0 Å². The van der Waals surface area contributed by atoms with Crippen molar-refractivity contribution in [1.82, 2.24) is 10.4 Å². The molecule has 0 spiro atoms. The van der Waals surface area contributed by atoms with E-state index in [1.807, 2.05) is 20.8 Å². The number of rotatable bonds is 5. The maximum absolute atomic E-state index is 11.5. The second-order valence-electron chi connectivity index (χ2n) is 5.70. The summed E-state index contributed by atoms with van der Waals surface area (Å²) < 4.78 is 0. The highest BCUT2D eigenvalue weighted by atomic mass is 16.7. The van der Waals surface area contributed by atoms with Gasteiger partial charge in [0.2, 0.25) is 5.91 Å². The molecule has 0 aliphatic carbocycles. The third-order valence-electron chi connectivity index (χ3n) is 2.50. The molecule has 0 saturated carbocycles. The van der Waals surface area contributed by atoms with Crippen LogP contribution in [-0.2, 0) is 24.0 Å². The van der Waals surface area contributed by atoms with E-state index in [9.17, 15) is 19.2 Å². The molecule has 112 valence electrons. The average Bonchev–Trinajstić information content (AvgIpc) is 2.58. The molecule has 1 aliphatic heterocycles. The van der Waals surface area contributed by atoms with Gasteiger partial charge in [-0.25, -0.2) is 4.79 Å². The highest BCUT2D eigenvalue weighted by molar-refractivity contribution is 6.01. The van der Waals surface area contributed by atoms with Gasteiger partial charge >= 0.3 is 5.97 Å². The Balaban J connectivity index is 2.25. The molecule has 0 radical (unpaired) electrons. The van der Waals surface area contributed by atoms with E-state index in [4.69, 9.17) is 0 Å². The molecule has 0 bridgehead atoms. The Hall–Kier alpha value is -1.92. The van der Waals surface area contributed by atoms with Gasteiger partial charge < -0.3 is 10.2 Å². The van der Waals surface area contributed by atoms with E-state index in [0.29, 0.717) is 11.5 Å². The van der Waals surface area contributed by atoms with Crippen LogP contribution < -0.4 is 5.32 Å². The van der Waals surface area contributed by atoms with Crippen LogP contribution in [0.25, 0.3) is 0 Å². The lowest BCUT2D eigenvalue weighted by Gasteiger charge is -2.20. The molecule has 3 amide bonds. The van der Waals surface area contributed by atoms with Crippen molar-refractivity contribution in [3.05, 3.63) is 0 Å². The largest absolute Gasteiger partial charge is 0.352 e. The molecule has 20 heavy (non-hydrogen) atoms. The van der Waals surface area contributed by atoms with Crippen LogP contribution in [0.3, 0.4) is 0 Å². The molecule has 1 aliphatic rings. The van der Waals surface area contributed by atoms with Crippen molar-refractivity contribution in [2.45, 2.75) is 58.4 Å². The third kappa shape index (κ3) is 5.38. The standard InChI is InChI=1S/C13H20N2O5/c1-13(2,3)14-9(16)5-4-6-12(19)20-15-10(17)7-8-11(15)18/h4-8H2,1-3H3,(H,14,16). The van der Waals surface area contributed by atoms with Crippen LogP contribution >= 0.6 is 0 Å². The van der Waals surface area contributed by atoms with E-state index in [0.717, 1.165) is 0 Å². The Morgan fingerprint density at radius 2 is 1.70 bits per heavy atom. The Kier molecular flexibility index (Phi) is 5.24. The normalized spacial score (nSPS) is 15.4. The molecule has 0 aromatic heterocycles. The molecule has 0 aromatic carbocycles. The monoisotopic (exact) mass is 284 g/mol. The van der Waals surface area contributed by atoms with Crippen molar-refractivity contribution in [1.29, 1.82) is 0 Å². The zero-order valence-corrected chi connectivity index (χ0v) is 12.0. The molecule has 1 saturated heterocycles. The van der Waals surface area contributed by atoms with Crippen LogP contribution in [0.1, 0.15) is 52.9 Å². The van der Waals surface area contributed by atoms with E-state index in [-0.39, 0.29) is 37.1 Å². The molecule has 1 heterocycles. The number of imide groups is 1. The quantitative estimate of drug-likeness (QED) is 0.749. The minimum atomic E-state index is -0.683. The van der Waals surface area contributed by atoms with Crippen molar-refractivity contribution in [3.8, 4) is 0 Å². The van der Waals surface area contributed by atoms with Gasteiger partial charge in [-0.15, -0.1) is 5.06 Å². The first-order valence-electron chi connectivity index (χ1n) is 6.56. The first kappa shape index (κ1) is 16.1. The third-order valence-corrected chi connectivity index (χ3v) is 2.50. The van der Waals surface area contributed by atoms with Crippen molar-refractivity contribution in [3.63, 3.8) is 0 Å². The summed E-state index contributed by atoms with van der Waals surface area (Å²) in [5, 5.41) is 3.28. The average molecular weight is 284 g/mol. The second kappa shape index (κ2) is 6.49. The van der Waals surface area contributed by atoms with Gasteiger partial charge in [0.25, 0.3) is 11.8 Å². The number of carbonyl (C=O) groups is 4. The predicted molar refractivity (Wildman–Crippen MR) is 68.9 cm³/mol. The fourth-order valence-corrected chi connectivity index (χ4v) is 1.68. The maximum atomic E-state index is 11.5. The maximum Gasteiger partial charge on any atom is 0.333 e. The first-order chi connectivity index (χ1) is 9.19. The van der Waals surface area contributed by atoms with Gasteiger partial charge in [0.1, 0.15) is 0 Å². The number of nitrogens with one attached hydrogen (secondary N) is 1. The number of hydroxylamine groups is 2. The van der Waals surface area contributed by atoms with Crippen LogP contribution in [0.5, 0.6) is 0 Å². The van der Waals surface area contributed by atoms with E-state index in [1.54, 1.807) is 0 Å². The number of hydrogen-bond acceptors (Lipinski definition) is 5. The molecular weight excluding hydrogens is 264 g/mol. The van der Waals surface area contributed by atoms with Crippen molar-refractivity contribution >= 4 is 23.7 Å². The van der Waals surface area contributed by atoms with Gasteiger partial charge in [0, 0.05) is 31.2 Å². The lowest BCUT2D eigenvalue weighted by molar-refractivity contribution is -0.197. The molecule has 1 rings (SSSR count). The molecular formula is C13H20N2O5. The molecule has 0 atom stereocenters. The zero-order valence-electron chi connectivity index (χ0n) is 12.0. The second-order valence-corrected chi connectivity index (χ2v) is 5.70. The fourth-order valence-electron chi connectivity index (χ4n) is 1.68. The van der Waals surface area contributed by atoms with Crippen LogP contribution in [-0.4, -0.2) is 34.3 Å². The Morgan fingerprint density at radius 1 is 1.15 bits per heavy atom. The summed E-state index contributed by atoms with van der Waals surface area (Å²) in [7, 11) is 0. The van der Waals surface area contributed by atoms with Crippen LogP contribution in [0.2, 0.25) is 0 Å². The summed E-state index contributed by atoms with van der Waals surface area (Å²) >= 11 is 0. The van der Waals surface area contributed by atoms with Gasteiger partial charge in [-0.2, -0.15) is 0 Å². The lowest BCUT2D eigenvalue weighted by Crippen LogP contribution is -2.40. The van der Waals surface area contributed by atoms with Gasteiger partial charge in [-0.05, 0) is 27.2 Å². The van der Waals surface area contributed by atoms with Gasteiger partial charge in [-0.1, -0.05) is 0 Å². The van der Waals surface area contributed by atoms with Crippen molar-refractivity contribution < 1.29 is 24.0 Å². The SMILES string of the molecule is CC(C)(C)NC(=O)CCCC(=O)ON1C(=O)CCC1=O. The van der Waals surface area contributed by atoms with E-state index < -0.39 is 17.8 Å². The molecule has 1 fully saturated rings. The topological polar surface area (TPSA) is 92.8 Å². The zero-order chi connectivity index (χ0) is 15.3. The molecule has 0 aromatic rings. The smallest absolute Gasteiger partial charge is 0.333 e. The first-order valence-corrected chi connectivity index (χ1v) is 6.56. The fraction of sp³-hybridized carbons (Fsp3) is 0.692. The van der Waals surface area contributed by atoms with E-state index in [1.165, 1.54) is 0 Å². The number of carbonyl (C=O) groups excluding carboxylic acids is 4.